The van der Waals surface area contributed by atoms with E-state index in [1.165, 1.54) is 43.5 Å². The zero-order valence-corrected chi connectivity index (χ0v) is 13.5. The van der Waals surface area contributed by atoms with Gasteiger partial charge < -0.3 is 4.90 Å². The Kier molecular flexibility index (Phi) is 5.23. The van der Waals surface area contributed by atoms with Gasteiger partial charge in [0.05, 0.1) is 0 Å². The molecule has 1 aromatic heterocycles. The Hall–Kier alpha value is -1.67. The van der Waals surface area contributed by atoms with Gasteiger partial charge in [0.1, 0.15) is 0 Å². The number of hydrogen-bond donors (Lipinski definition) is 0. The van der Waals surface area contributed by atoms with Gasteiger partial charge in [-0.25, -0.2) is 0 Å². The van der Waals surface area contributed by atoms with Crippen molar-refractivity contribution in [3.05, 3.63) is 66.0 Å². The second-order valence-corrected chi connectivity index (χ2v) is 6.65. The molecule has 1 saturated heterocycles. The summed E-state index contributed by atoms with van der Waals surface area (Å²) >= 11 is 0. The standard InChI is InChI=1S/C20H26N2/c1-22-13-9-18(10-14-22)16-20(19-5-3-2-4-6-19)15-17-7-11-21-12-8-17/h2-8,11-12,18,20H,9-10,13-16H2,1H3. The summed E-state index contributed by atoms with van der Waals surface area (Å²) in [6.45, 7) is 2.50. The van der Waals surface area contributed by atoms with Crippen LogP contribution in [0.15, 0.2) is 54.9 Å². The van der Waals surface area contributed by atoms with Gasteiger partial charge in [-0.05, 0) is 80.9 Å². The molecule has 2 heteroatoms. The smallest absolute Gasteiger partial charge is 0.0270 e. The van der Waals surface area contributed by atoms with Crippen LogP contribution in [0.25, 0.3) is 0 Å². The summed E-state index contributed by atoms with van der Waals surface area (Å²) in [6, 6.07) is 15.4. The van der Waals surface area contributed by atoms with Crippen LogP contribution in [0.5, 0.6) is 0 Å². The predicted molar refractivity (Wildman–Crippen MR) is 92.0 cm³/mol. The topological polar surface area (TPSA) is 16.1 Å². The van der Waals surface area contributed by atoms with Gasteiger partial charge in [-0.15, -0.1) is 0 Å². The summed E-state index contributed by atoms with van der Waals surface area (Å²) < 4.78 is 0. The van der Waals surface area contributed by atoms with Gasteiger partial charge in [0.25, 0.3) is 0 Å². The lowest BCUT2D eigenvalue weighted by Crippen LogP contribution is -2.31. The van der Waals surface area contributed by atoms with E-state index in [0.29, 0.717) is 5.92 Å². The first-order chi connectivity index (χ1) is 10.8. The Morgan fingerprint density at radius 3 is 2.41 bits per heavy atom. The Balaban J connectivity index is 1.72. The van der Waals surface area contributed by atoms with Gasteiger partial charge in [0.15, 0.2) is 0 Å². The largest absolute Gasteiger partial charge is 0.306 e. The molecule has 2 aromatic rings. The van der Waals surface area contributed by atoms with Gasteiger partial charge in [0.2, 0.25) is 0 Å². The molecule has 0 radical (unpaired) electrons. The van der Waals surface area contributed by atoms with E-state index in [1.807, 2.05) is 12.4 Å². The lowest BCUT2D eigenvalue weighted by molar-refractivity contribution is 0.205. The predicted octanol–water partition coefficient (Wildman–Crippen LogP) is 4.14. The normalized spacial score (nSPS) is 18.2. The second kappa shape index (κ2) is 7.55. The molecule has 0 N–H and O–H groups in total. The molecule has 0 spiro atoms. The molecule has 1 atom stereocenters. The lowest BCUT2D eigenvalue weighted by Gasteiger charge is -2.31. The van der Waals surface area contributed by atoms with E-state index < -0.39 is 0 Å². The molecule has 1 aliphatic heterocycles. The van der Waals surface area contributed by atoms with Crippen LogP contribution in [-0.2, 0) is 6.42 Å². The fourth-order valence-corrected chi connectivity index (χ4v) is 3.57. The van der Waals surface area contributed by atoms with Gasteiger partial charge in [-0.2, -0.15) is 0 Å². The van der Waals surface area contributed by atoms with E-state index in [2.05, 4.69) is 59.4 Å². The van der Waals surface area contributed by atoms with Gasteiger partial charge in [-0.1, -0.05) is 30.3 Å². The van der Waals surface area contributed by atoms with E-state index in [1.54, 1.807) is 0 Å². The van der Waals surface area contributed by atoms with Crippen molar-refractivity contribution in [1.82, 2.24) is 9.88 Å². The monoisotopic (exact) mass is 294 g/mol. The summed E-state index contributed by atoms with van der Waals surface area (Å²) in [5, 5.41) is 0. The van der Waals surface area contributed by atoms with E-state index in [0.717, 1.165) is 12.3 Å². The van der Waals surface area contributed by atoms with Crippen molar-refractivity contribution in [3.63, 3.8) is 0 Å². The number of nitrogens with zero attached hydrogens (tertiary/aromatic N) is 2. The molecule has 1 unspecified atom stereocenters. The quantitative estimate of drug-likeness (QED) is 0.824. The minimum absolute atomic E-state index is 0.622. The summed E-state index contributed by atoms with van der Waals surface area (Å²) in [4.78, 5) is 6.60. The fraction of sp³-hybridized carbons (Fsp3) is 0.450. The third kappa shape index (κ3) is 4.17. The van der Waals surface area contributed by atoms with E-state index >= 15 is 0 Å². The van der Waals surface area contributed by atoms with Crippen molar-refractivity contribution >= 4 is 0 Å². The van der Waals surface area contributed by atoms with Crippen LogP contribution in [0, 0.1) is 5.92 Å². The molecule has 3 rings (SSSR count). The third-order valence-corrected chi connectivity index (χ3v) is 4.96. The molecule has 0 aliphatic carbocycles. The van der Waals surface area contributed by atoms with E-state index in [4.69, 9.17) is 0 Å². The minimum atomic E-state index is 0.622. The van der Waals surface area contributed by atoms with E-state index in [9.17, 15) is 0 Å². The molecule has 1 fully saturated rings. The van der Waals surface area contributed by atoms with Crippen molar-refractivity contribution in [1.29, 1.82) is 0 Å². The Bertz CT molecular complexity index is 544. The Labute approximate surface area is 134 Å². The third-order valence-electron chi connectivity index (χ3n) is 4.96. The highest BCUT2D eigenvalue weighted by atomic mass is 15.1. The highest BCUT2D eigenvalue weighted by Gasteiger charge is 2.22. The second-order valence-electron chi connectivity index (χ2n) is 6.65. The minimum Gasteiger partial charge on any atom is -0.306 e. The fourth-order valence-electron chi connectivity index (χ4n) is 3.57. The molecule has 2 heterocycles. The molecule has 2 nitrogen and oxygen atoms in total. The highest BCUT2D eigenvalue weighted by molar-refractivity contribution is 5.23. The lowest BCUT2D eigenvalue weighted by atomic mass is 9.81. The Morgan fingerprint density at radius 1 is 1.05 bits per heavy atom. The summed E-state index contributed by atoms with van der Waals surface area (Å²) in [7, 11) is 2.24. The van der Waals surface area contributed by atoms with Crippen LogP contribution in [0.2, 0.25) is 0 Å². The van der Waals surface area contributed by atoms with Crippen LogP contribution in [0.1, 0.15) is 36.3 Å². The first kappa shape index (κ1) is 15.2. The molecule has 0 saturated carbocycles. The summed E-state index contributed by atoms with van der Waals surface area (Å²) in [5.74, 6) is 1.49. The molecule has 1 aliphatic rings. The number of pyridine rings is 1. The maximum atomic E-state index is 4.14. The molecule has 22 heavy (non-hydrogen) atoms. The first-order valence-electron chi connectivity index (χ1n) is 8.43. The van der Waals surface area contributed by atoms with Gasteiger partial charge in [-0.3, -0.25) is 4.98 Å². The molecule has 0 bridgehead atoms. The number of rotatable bonds is 5. The Morgan fingerprint density at radius 2 is 1.73 bits per heavy atom. The maximum absolute atomic E-state index is 4.14. The zero-order valence-electron chi connectivity index (χ0n) is 13.5. The van der Waals surface area contributed by atoms with Crippen molar-refractivity contribution in [2.24, 2.45) is 5.92 Å². The number of hydrogen-bond acceptors (Lipinski definition) is 2. The number of piperidine rings is 1. The molecule has 0 amide bonds. The number of benzene rings is 1. The van der Waals surface area contributed by atoms with Crippen molar-refractivity contribution in [3.8, 4) is 0 Å². The molecular weight excluding hydrogens is 268 g/mol. The first-order valence-corrected chi connectivity index (χ1v) is 8.43. The molecular formula is C20H26N2. The SMILES string of the molecule is CN1CCC(CC(Cc2ccncc2)c2ccccc2)CC1. The van der Waals surface area contributed by atoms with Crippen LogP contribution in [0.3, 0.4) is 0 Å². The van der Waals surface area contributed by atoms with Crippen LogP contribution in [0.4, 0.5) is 0 Å². The van der Waals surface area contributed by atoms with Crippen molar-refractivity contribution in [2.75, 3.05) is 20.1 Å². The summed E-state index contributed by atoms with van der Waals surface area (Å²) in [6.07, 6.45) is 8.94. The number of aromatic nitrogens is 1. The van der Waals surface area contributed by atoms with Crippen LogP contribution >= 0.6 is 0 Å². The average molecular weight is 294 g/mol. The molecule has 116 valence electrons. The van der Waals surface area contributed by atoms with Gasteiger partial charge >= 0.3 is 0 Å². The highest BCUT2D eigenvalue weighted by Crippen LogP contribution is 2.32. The zero-order chi connectivity index (χ0) is 15.2. The summed E-state index contributed by atoms with van der Waals surface area (Å²) in [5.41, 5.74) is 2.88. The number of likely N-dealkylation sites (tertiary alicyclic amines) is 1. The van der Waals surface area contributed by atoms with Crippen molar-refractivity contribution < 1.29 is 0 Å². The van der Waals surface area contributed by atoms with E-state index in [-0.39, 0.29) is 0 Å². The average Bonchev–Trinajstić information content (AvgIpc) is 2.58. The molecule has 1 aromatic carbocycles. The maximum Gasteiger partial charge on any atom is 0.0270 e. The van der Waals surface area contributed by atoms with Crippen LogP contribution < -0.4 is 0 Å². The van der Waals surface area contributed by atoms with Crippen molar-refractivity contribution in [2.45, 2.75) is 31.6 Å². The van der Waals surface area contributed by atoms with Gasteiger partial charge in [0, 0.05) is 12.4 Å². The van der Waals surface area contributed by atoms with Crippen LogP contribution in [-0.4, -0.2) is 30.0 Å².